The maximum Gasteiger partial charge on any atom is 0.149 e. The summed E-state index contributed by atoms with van der Waals surface area (Å²) in [4.78, 5) is 4.68. The number of anilines is 1. The van der Waals surface area contributed by atoms with Crippen LogP contribution in [0.5, 0.6) is 5.75 Å². The number of para-hydroxylation sites is 1. The van der Waals surface area contributed by atoms with Crippen LogP contribution < -0.4 is 5.73 Å². The highest BCUT2D eigenvalue weighted by molar-refractivity contribution is 9.10. The number of aromatic hydroxyl groups is 1. The summed E-state index contributed by atoms with van der Waals surface area (Å²) in [6.07, 6.45) is 0. The molecule has 0 unspecified atom stereocenters. The minimum atomic E-state index is 0.0776. The normalized spacial score (nSPS) is 11.4. The summed E-state index contributed by atoms with van der Waals surface area (Å²) in [5.74, 6) is 0.802. The van der Waals surface area contributed by atoms with Crippen LogP contribution in [0.4, 0.5) is 5.69 Å². The van der Waals surface area contributed by atoms with Gasteiger partial charge >= 0.3 is 0 Å². The molecule has 4 nitrogen and oxygen atoms in total. The fourth-order valence-corrected chi connectivity index (χ4v) is 2.88. The van der Waals surface area contributed by atoms with Crippen LogP contribution in [0.1, 0.15) is 19.9 Å². The van der Waals surface area contributed by atoms with Gasteiger partial charge < -0.3 is 15.4 Å². The number of phenolic OH excluding ortho intramolecular Hbond substituents is 1. The number of imidazole rings is 1. The van der Waals surface area contributed by atoms with Crippen LogP contribution in [0.2, 0.25) is 0 Å². The van der Waals surface area contributed by atoms with Crippen molar-refractivity contribution in [2.24, 2.45) is 0 Å². The van der Waals surface area contributed by atoms with E-state index in [1.165, 1.54) is 0 Å². The summed E-state index contributed by atoms with van der Waals surface area (Å²) in [7, 11) is 0. The van der Waals surface area contributed by atoms with Crippen molar-refractivity contribution in [2.45, 2.75) is 19.9 Å². The summed E-state index contributed by atoms with van der Waals surface area (Å²) in [5, 5.41) is 10.2. The van der Waals surface area contributed by atoms with E-state index in [4.69, 9.17) is 5.73 Å². The maximum atomic E-state index is 10.2. The molecule has 5 heteroatoms. The molecule has 1 heterocycles. The Hall–Kier alpha value is -2.01. The van der Waals surface area contributed by atoms with E-state index in [-0.39, 0.29) is 11.8 Å². The Morgan fingerprint density at radius 3 is 2.71 bits per heavy atom. The van der Waals surface area contributed by atoms with Crippen molar-refractivity contribution in [3.05, 3.63) is 40.9 Å². The molecular formula is C16H16BrN3O. The number of nitrogen functional groups attached to an aromatic ring is 1. The third-order valence-electron chi connectivity index (χ3n) is 3.48. The fourth-order valence-electron chi connectivity index (χ4n) is 2.53. The van der Waals surface area contributed by atoms with E-state index in [2.05, 4.69) is 39.3 Å². The molecular weight excluding hydrogens is 330 g/mol. The van der Waals surface area contributed by atoms with Gasteiger partial charge in [0.1, 0.15) is 11.6 Å². The minimum absolute atomic E-state index is 0.0776. The van der Waals surface area contributed by atoms with Crippen LogP contribution in [0, 0.1) is 0 Å². The average Bonchev–Trinajstić information content (AvgIpc) is 2.80. The third-order valence-corrected chi connectivity index (χ3v) is 3.97. The Morgan fingerprint density at radius 2 is 2.00 bits per heavy atom. The molecule has 3 aromatic rings. The number of aromatic nitrogens is 2. The molecule has 0 saturated heterocycles. The van der Waals surface area contributed by atoms with Crippen LogP contribution in [0.15, 0.2) is 40.9 Å². The number of fused-ring (bicyclic) bond motifs is 1. The van der Waals surface area contributed by atoms with E-state index in [0.717, 1.165) is 21.3 Å². The van der Waals surface area contributed by atoms with Crippen molar-refractivity contribution >= 4 is 32.7 Å². The molecule has 2 aromatic carbocycles. The highest BCUT2D eigenvalue weighted by atomic mass is 79.9. The van der Waals surface area contributed by atoms with Gasteiger partial charge in [-0.25, -0.2) is 4.98 Å². The summed E-state index contributed by atoms with van der Waals surface area (Å²) in [6, 6.07) is 11.5. The lowest BCUT2D eigenvalue weighted by Gasteiger charge is -2.14. The fraction of sp³-hybridized carbons (Fsp3) is 0.188. The quantitative estimate of drug-likeness (QED) is 0.536. The molecule has 0 saturated carbocycles. The SMILES string of the molecule is CC(C)n1c(-c2cccc(N)c2O)nc2cc(Br)ccc21. The zero-order valence-electron chi connectivity index (χ0n) is 11.8. The summed E-state index contributed by atoms with van der Waals surface area (Å²) in [6.45, 7) is 4.19. The number of phenols is 1. The molecule has 0 aliphatic rings. The van der Waals surface area contributed by atoms with Gasteiger partial charge in [-0.2, -0.15) is 0 Å². The maximum absolute atomic E-state index is 10.2. The van der Waals surface area contributed by atoms with Gasteiger partial charge in [0.2, 0.25) is 0 Å². The van der Waals surface area contributed by atoms with E-state index in [1.54, 1.807) is 6.07 Å². The van der Waals surface area contributed by atoms with Crippen LogP contribution in [-0.2, 0) is 0 Å². The van der Waals surface area contributed by atoms with Crippen LogP contribution in [0.25, 0.3) is 22.4 Å². The van der Waals surface area contributed by atoms with Gasteiger partial charge in [-0.05, 0) is 44.2 Å². The highest BCUT2D eigenvalue weighted by Gasteiger charge is 2.18. The first-order valence-corrected chi connectivity index (χ1v) is 7.53. The summed E-state index contributed by atoms with van der Waals surface area (Å²) >= 11 is 3.47. The molecule has 0 aliphatic heterocycles. The smallest absolute Gasteiger partial charge is 0.149 e. The predicted molar refractivity (Wildman–Crippen MR) is 89.3 cm³/mol. The molecule has 0 fully saturated rings. The second-order valence-corrected chi connectivity index (χ2v) is 6.19. The lowest BCUT2D eigenvalue weighted by Crippen LogP contribution is -2.03. The first kappa shape index (κ1) is 13.9. The largest absolute Gasteiger partial charge is 0.505 e. The second kappa shape index (κ2) is 5.07. The summed E-state index contributed by atoms with van der Waals surface area (Å²) in [5.41, 5.74) is 8.73. The van der Waals surface area contributed by atoms with Gasteiger partial charge in [-0.15, -0.1) is 0 Å². The molecule has 3 rings (SSSR count). The van der Waals surface area contributed by atoms with E-state index in [0.29, 0.717) is 11.3 Å². The van der Waals surface area contributed by atoms with Gasteiger partial charge in [0.25, 0.3) is 0 Å². The standard InChI is InChI=1S/C16H16BrN3O/c1-9(2)20-14-7-6-10(17)8-13(14)19-16(20)11-4-3-5-12(18)15(11)21/h3-9,21H,18H2,1-2H3. The number of benzene rings is 2. The van der Waals surface area contributed by atoms with E-state index in [9.17, 15) is 5.11 Å². The molecule has 0 atom stereocenters. The first-order chi connectivity index (χ1) is 9.99. The molecule has 0 bridgehead atoms. The number of halogens is 1. The Labute approximate surface area is 131 Å². The molecule has 0 aliphatic carbocycles. The van der Waals surface area contributed by atoms with Gasteiger partial charge in [-0.1, -0.05) is 22.0 Å². The van der Waals surface area contributed by atoms with Crippen LogP contribution >= 0.6 is 15.9 Å². The van der Waals surface area contributed by atoms with Gasteiger partial charge in [0, 0.05) is 10.5 Å². The van der Waals surface area contributed by atoms with Crippen molar-refractivity contribution < 1.29 is 5.11 Å². The third kappa shape index (κ3) is 2.27. The number of nitrogens with zero attached hydrogens (tertiary/aromatic N) is 2. The van der Waals surface area contributed by atoms with E-state index in [1.807, 2.05) is 30.3 Å². The molecule has 21 heavy (non-hydrogen) atoms. The zero-order valence-corrected chi connectivity index (χ0v) is 13.4. The van der Waals surface area contributed by atoms with Crippen molar-refractivity contribution in [3.8, 4) is 17.1 Å². The number of hydrogen-bond acceptors (Lipinski definition) is 3. The Kier molecular flexibility index (Phi) is 3.37. The summed E-state index contributed by atoms with van der Waals surface area (Å²) < 4.78 is 3.09. The van der Waals surface area contributed by atoms with E-state index < -0.39 is 0 Å². The van der Waals surface area contributed by atoms with Crippen LogP contribution in [-0.4, -0.2) is 14.7 Å². The Bertz CT molecular complexity index is 824. The van der Waals surface area contributed by atoms with Gasteiger partial charge in [0.15, 0.2) is 0 Å². The predicted octanol–water partition coefficient (Wildman–Crippen LogP) is 4.33. The molecule has 1 aromatic heterocycles. The number of nitrogens with two attached hydrogens (primary N) is 1. The van der Waals surface area contributed by atoms with Crippen molar-refractivity contribution in [3.63, 3.8) is 0 Å². The average molecular weight is 346 g/mol. The minimum Gasteiger partial charge on any atom is -0.505 e. The Balaban J connectivity index is 2.36. The molecule has 0 spiro atoms. The van der Waals surface area contributed by atoms with Crippen molar-refractivity contribution in [1.29, 1.82) is 0 Å². The lowest BCUT2D eigenvalue weighted by atomic mass is 10.1. The van der Waals surface area contributed by atoms with Crippen molar-refractivity contribution in [2.75, 3.05) is 5.73 Å². The lowest BCUT2D eigenvalue weighted by molar-refractivity contribution is 0.478. The number of hydrogen-bond donors (Lipinski definition) is 2. The van der Waals surface area contributed by atoms with E-state index >= 15 is 0 Å². The molecule has 3 N–H and O–H groups in total. The topological polar surface area (TPSA) is 64.1 Å². The second-order valence-electron chi connectivity index (χ2n) is 5.28. The molecule has 0 amide bonds. The molecule has 108 valence electrons. The highest BCUT2D eigenvalue weighted by Crippen LogP contribution is 2.36. The van der Waals surface area contributed by atoms with Gasteiger partial charge in [-0.3, -0.25) is 0 Å². The monoisotopic (exact) mass is 345 g/mol. The van der Waals surface area contributed by atoms with Crippen LogP contribution in [0.3, 0.4) is 0 Å². The first-order valence-electron chi connectivity index (χ1n) is 6.74. The zero-order chi connectivity index (χ0) is 15.1. The number of rotatable bonds is 2. The van der Waals surface area contributed by atoms with Crippen molar-refractivity contribution in [1.82, 2.24) is 9.55 Å². The van der Waals surface area contributed by atoms with Gasteiger partial charge in [0.05, 0.1) is 22.3 Å². The molecule has 0 radical (unpaired) electrons. The Morgan fingerprint density at radius 1 is 1.24 bits per heavy atom.